The molecule has 0 rings (SSSR count). The van der Waals surface area contributed by atoms with E-state index in [2.05, 4.69) is 5.92 Å². The molecule has 0 aliphatic carbocycles. The Labute approximate surface area is 54.0 Å². The second kappa shape index (κ2) is 4.73. The summed E-state index contributed by atoms with van der Waals surface area (Å²) in [7, 11) is 0. The van der Waals surface area contributed by atoms with Gasteiger partial charge >= 0.3 is 11.7 Å². The van der Waals surface area contributed by atoms with Crippen LogP contribution in [0.5, 0.6) is 0 Å². The smallest absolute Gasteiger partial charge is 0.120 e. The molecule has 0 radical (unpaired) electrons. The highest BCUT2D eigenvalue weighted by molar-refractivity contribution is 7.65. The molecule has 1 unspecified atom stereocenters. The predicted octanol–water partition coefficient (Wildman–Crippen LogP) is 1.07. The second-order valence-electron chi connectivity index (χ2n) is 1.56. The minimum Gasteiger partial charge on any atom is -0.120 e. The van der Waals surface area contributed by atoms with Crippen LogP contribution >= 0.6 is 0 Å². The maximum atomic E-state index is 9.88. The van der Waals surface area contributed by atoms with Crippen LogP contribution in [0.1, 0.15) is 13.3 Å². The lowest BCUT2D eigenvalue weighted by molar-refractivity contribution is 0.598. The summed E-state index contributed by atoms with van der Waals surface area (Å²) >= 11 is 0.566. The van der Waals surface area contributed by atoms with Crippen LogP contribution in [-0.2, 0) is 15.9 Å². The Morgan fingerprint density at radius 2 is 2.50 bits per heavy atom. The van der Waals surface area contributed by atoms with Crippen molar-refractivity contribution < 1.29 is 4.21 Å². The lowest BCUT2D eigenvalue weighted by Gasteiger charge is -1.90. The zero-order chi connectivity index (χ0) is 6.41. The molecule has 0 saturated carbocycles. The van der Waals surface area contributed by atoms with Crippen LogP contribution in [0, 0.1) is 18.3 Å². The minimum absolute atomic E-state index is 0.178. The van der Waals surface area contributed by atoms with Gasteiger partial charge in [-0.25, -0.2) is 0 Å². The molecule has 0 fully saturated rings. The summed E-state index contributed by atoms with van der Waals surface area (Å²) in [6.07, 6.45) is 5.98. The van der Waals surface area contributed by atoms with Crippen LogP contribution in [0.3, 0.4) is 0 Å². The number of hydrogen-bond acceptors (Lipinski definition) is 1. The van der Waals surface area contributed by atoms with Crippen LogP contribution in [0.2, 0.25) is 0 Å². The van der Waals surface area contributed by atoms with Crippen LogP contribution < -0.4 is 0 Å². The van der Waals surface area contributed by atoms with E-state index in [1.54, 1.807) is 0 Å². The van der Waals surface area contributed by atoms with Gasteiger partial charge in [0.15, 0.2) is 0 Å². The van der Waals surface area contributed by atoms with E-state index in [0.717, 1.165) is 6.42 Å². The summed E-state index contributed by atoms with van der Waals surface area (Å²) < 4.78 is 9.88. The Balaban J connectivity index is 3.40. The van der Waals surface area contributed by atoms with Crippen molar-refractivity contribution in [3.63, 3.8) is 0 Å². The molecule has 0 aliphatic heterocycles. The van der Waals surface area contributed by atoms with Gasteiger partial charge in [0.25, 0.3) is 0 Å². The number of terminal acetylenes is 1. The molecule has 0 amide bonds. The molecule has 0 heterocycles. The lowest BCUT2D eigenvalue weighted by Crippen LogP contribution is -1.98. The van der Waals surface area contributed by atoms with E-state index in [4.69, 9.17) is 6.42 Å². The van der Waals surface area contributed by atoms with Crippen molar-refractivity contribution in [1.29, 1.82) is 0 Å². The van der Waals surface area contributed by atoms with Gasteiger partial charge in [-0.05, 0) is 6.42 Å². The highest BCUT2D eigenvalue weighted by Gasteiger charge is 2.08. The Bertz CT molecular complexity index is 104. The first kappa shape index (κ1) is 7.58. The van der Waals surface area contributed by atoms with Crippen LogP contribution in [0.15, 0.2) is 0 Å². The first-order valence-electron chi connectivity index (χ1n) is 2.56. The summed E-state index contributed by atoms with van der Waals surface area (Å²) in [5.74, 6) is 3.26. The molecular weight excluding hydrogens is 120 g/mol. The highest BCUT2D eigenvalue weighted by atomic mass is 32.1. The monoisotopic (exact) mass is 129 g/mol. The summed E-state index contributed by atoms with van der Waals surface area (Å²) in [5, 5.41) is 0. The fourth-order valence-electron chi connectivity index (χ4n) is 0.366. The molecule has 0 aromatic carbocycles. The van der Waals surface area contributed by atoms with Gasteiger partial charge in [0.05, 0.1) is 5.92 Å². The molecule has 0 spiro atoms. The molecule has 0 bridgehead atoms. The fourth-order valence-corrected chi connectivity index (χ4v) is 0.862. The van der Waals surface area contributed by atoms with Gasteiger partial charge < -0.3 is 0 Å². The third-order valence-electron chi connectivity index (χ3n) is 0.998. The lowest BCUT2D eigenvalue weighted by atomic mass is 10.1. The van der Waals surface area contributed by atoms with Crippen LogP contribution in [0.25, 0.3) is 0 Å². The van der Waals surface area contributed by atoms with Gasteiger partial charge in [0.2, 0.25) is 5.75 Å². The van der Waals surface area contributed by atoms with Gasteiger partial charge in [-0.15, -0.1) is 6.42 Å². The SMILES string of the molecule is C#CC(CC)C[S+]=O. The van der Waals surface area contributed by atoms with Crippen LogP contribution in [0.4, 0.5) is 0 Å². The zero-order valence-corrected chi connectivity index (χ0v) is 5.70. The van der Waals surface area contributed by atoms with Crippen molar-refractivity contribution in [3.8, 4) is 12.3 Å². The standard InChI is InChI=1S/C6H9OS/c1-3-6(4-2)5-8-7/h1,6H,4-5H2,2H3/q+1. The molecule has 1 nitrogen and oxygen atoms in total. The van der Waals surface area contributed by atoms with Crippen molar-refractivity contribution in [2.45, 2.75) is 13.3 Å². The summed E-state index contributed by atoms with van der Waals surface area (Å²) in [4.78, 5) is 0. The van der Waals surface area contributed by atoms with Crippen molar-refractivity contribution in [3.05, 3.63) is 0 Å². The maximum Gasteiger partial charge on any atom is 0.460 e. The zero-order valence-electron chi connectivity index (χ0n) is 4.89. The van der Waals surface area contributed by atoms with Crippen LogP contribution in [-0.4, -0.2) is 5.75 Å². The van der Waals surface area contributed by atoms with Crippen molar-refractivity contribution in [1.82, 2.24) is 0 Å². The normalized spacial score (nSPS) is 12.0. The first-order chi connectivity index (χ1) is 3.85. The van der Waals surface area contributed by atoms with Crippen molar-refractivity contribution >= 4 is 11.7 Å². The van der Waals surface area contributed by atoms with E-state index in [-0.39, 0.29) is 5.92 Å². The number of rotatable bonds is 3. The summed E-state index contributed by atoms with van der Waals surface area (Å²) in [6, 6.07) is 0. The van der Waals surface area contributed by atoms with Gasteiger partial charge in [0.1, 0.15) is 0 Å². The Hall–Kier alpha value is -0.420. The van der Waals surface area contributed by atoms with Gasteiger partial charge in [0, 0.05) is 4.21 Å². The van der Waals surface area contributed by atoms with E-state index in [1.165, 1.54) is 0 Å². The fraction of sp³-hybridized carbons (Fsp3) is 0.667. The third-order valence-corrected chi connectivity index (χ3v) is 1.54. The highest BCUT2D eigenvalue weighted by Crippen LogP contribution is 1.97. The summed E-state index contributed by atoms with van der Waals surface area (Å²) in [5.41, 5.74) is 0. The molecule has 1 atom stereocenters. The summed E-state index contributed by atoms with van der Waals surface area (Å²) in [6.45, 7) is 1.99. The quantitative estimate of drug-likeness (QED) is 0.411. The molecular formula is C6H9OS+. The molecule has 0 aromatic heterocycles. The molecule has 0 aliphatic rings. The van der Waals surface area contributed by atoms with Crippen molar-refractivity contribution in [2.75, 3.05) is 5.75 Å². The molecule has 8 heavy (non-hydrogen) atoms. The maximum absolute atomic E-state index is 9.88. The van der Waals surface area contributed by atoms with E-state index < -0.39 is 0 Å². The Morgan fingerprint density at radius 1 is 1.88 bits per heavy atom. The molecule has 0 saturated heterocycles. The largest absolute Gasteiger partial charge is 0.460 e. The van der Waals surface area contributed by atoms with E-state index in [9.17, 15) is 4.21 Å². The topological polar surface area (TPSA) is 17.1 Å². The molecule has 0 N–H and O–H groups in total. The average Bonchev–Trinajstić information content (AvgIpc) is 1.83. The Kier molecular flexibility index (Phi) is 4.48. The number of hydrogen-bond donors (Lipinski definition) is 0. The van der Waals surface area contributed by atoms with E-state index >= 15 is 0 Å². The predicted molar refractivity (Wildman–Crippen MR) is 35.5 cm³/mol. The third kappa shape index (κ3) is 2.70. The van der Waals surface area contributed by atoms with Crippen molar-refractivity contribution in [2.24, 2.45) is 5.92 Å². The average molecular weight is 129 g/mol. The van der Waals surface area contributed by atoms with E-state index in [0.29, 0.717) is 17.4 Å². The second-order valence-corrected chi connectivity index (χ2v) is 2.13. The van der Waals surface area contributed by atoms with Gasteiger partial charge in [-0.1, -0.05) is 12.8 Å². The molecule has 44 valence electrons. The Morgan fingerprint density at radius 3 is 2.62 bits per heavy atom. The minimum atomic E-state index is 0.178. The van der Waals surface area contributed by atoms with Gasteiger partial charge in [-0.2, -0.15) is 0 Å². The molecule has 2 heteroatoms. The molecule has 0 aromatic rings. The van der Waals surface area contributed by atoms with Gasteiger partial charge in [-0.3, -0.25) is 0 Å². The first-order valence-corrected chi connectivity index (χ1v) is 3.47. The van der Waals surface area contributed by atoms with E-state index in [1.807, 2.05) is 6.92 Å².